The molecule has 0 unspecified atom stereocenters. The van der Waals surface area contributed by atoms with Crippen LogP contribution in [0.25, 0.3) is 21.6 Å². The molecule has 2 aliphatic rings. The molecule has 1 aromatic rings. The van der Waals surface area contributed by atoms with Crippen molar-refractivity contribution < 1.29 is 0 Å². The molecule has 3 rings (SSSR count). The third kappa shape index (κ3) is 1.55. The van der Waals surface area contributed by atoms with Crippen LogP contribution in [-0.2, 0) is 0 Å². The van der Waals surface area contributed by atoms with Gasteiger partial charge in [-0.2, -0.15) is 0 Å². The molecule has 1 aromatic carbocycles. The summed E-state index contributed by atoms with van der Waals surface area (Å²) in [4.78, 5) is 1.36. The first-order valence-electron chi connectivity index (χ1n) is 4.96. The van der Waals surface area contributed by atoms with Gasteiger partial charge in [-0.3, -0.25) is 0 Å². The van der Waals surface area contributed by atoms with Crippen LogP contribution in [0.1, 0.15) is 0 Å². The van der Waals surface area contributed by atoms with Gasteiger partial charge in [0.05, 0.1) is 0 Å². The molecule has 1 aliphatic heterocycles. The van der Waals surface area contributed by atoms with Crippen molar-refractivity contribution in [3.05, 3.63) is 60.0 Å². The maximum atomic E-state index is 2.26. The normalized spacial score (nSPS) is 10.7. The minimum absolute atomic E-state index is 1.29. The zero-order valence-corrected chi connectivity index (χ0v) is 9.00. The molecule has 0 saturated heterocycles. The van der Waals surface area contributed by atoms with E-state index in [1.807, 2.05) is 0 Å². The van der Waals surface area contributed by atoms with Crippen LogP contribution in [0.5, 0.6) is 0 Å². The van der Waals surface area contributed by atoms with Gasteiger partial charge in [0.25, 0.3) is 0 Å². The van der Waals surface area contributed by atoms with Crippen molar-refractivity contribution in [1.82, 2.24) is 0 Å². The van der Waals surface area contributed by atoms with Gasteiger partial charge >= 0.3 is 0 Å². The Balaban J connectivity index is 2.18. The molecule has 0 fully saturated rings. The fourth-order valence-electron chi connectivity index (χ4n) is 1.79. The molecule has 0 spiro atoms. The summed E-state index contributed by atoms with van der Waals surface area (Å²) in [6.45, 7) is 0. The lowest BCUT2D eigenvalue weighted by atomic mass is 10.1. The third-order valence-corrected chi connectivity index (χ3v) is 3.44. The molecule has 1 heterocycles. The summed E-state index contributed by atoms with van der Waals surface area (Å²) in [5.74, 6) is 0. The Labute approximate surface area is 93.2 Å². The quantitative estimate of drug-likeness (QED) is 0.554. The molecule has 0 aromatic heterocycles. The fourth-order valence-corrected chi connectivity index (χ4v) is 2.55. The third-order valence-electron chi connectivity index (χ3n) is 2.54. The van der Waals surface area contributed by atoms with E-state index in [0.29, 0.717) is 0 Å². The van der Waals surface area contributed by atoms with Crippen molar-refractivity contribution in [3.63, 3.8) is 0 Å². The number of benzene rings is 1. The highest BCUT2D eigenvalue weighted by Crippen LogP contribution is 2.34. The second-order valence-corrected chi connectivity index (χ2v) is 4.49. The van der Waals surface area contributed by atoms with Crippen molar-refractivity contribution in [2.24, 2.45) is 0 Å². The molecular weight excluding hydrogens is 200 g/mol. The number of hydrogen-bond acceptors (Lipinski definition) is 1. The highest BCUT2D eigenvalue weighted by atomic mass is 32.1. The minimum Gasteiger partial charge on any atom is -0.144 e. The Kier molecular flexibility index (Phi) is 2.04. The Morgan fingerprint density at radius 2 is 1.47 bits per heavy atom. The van der Waals surface area contributed by atoms with Crippen LogP contribution < -0.4 is 0 Å². The fraction of sp³-hybridized carbons (Fsp3) is 0. The Morgan fingerprint density at radius 3 is 2.27 bits per heavy atom. The van der Waals surface area contributed by atoms with Crippen molar-refractivity contribution in [1.29, 1.82) is 0 Å². The molecule has 1 aliphatic carbocycles. The summed E-state index contributed by atoms with van der Waals surface area (Å²) >= 11 is 1.79. The van der Waals surface area contributed by atoms with Crippen LogP contribution in [0.3, 0.4) is 0 Å². The van der Waals surface area contributed by atoms with Crippen molar-refractivity contribution in [2.45, 2.75) is 0 Å². The van der Waals surface area contributed by atoms with Crippen LogP contribution in [0.15, 0.2) is 60.0 Å². The van der Waals surface area contributed by atoms with Crippen LogP contribution in [-0.4, -0.2) is 0 Å². The highest BCUT2D eigenvalue weighted by Gasteiger charge is 2.06. The largest absolute Gasteiger partial charge is 0.144 e. The van der Waals surface area contributed by atoms with E-state index in [0.717, 1.165) is 0 Å². The standard InChI is InChI=1S/C14H10S/c1-2-5-11(6-3-1)13-9-12-7-4-8-15-14(12)10-13/h1-10H. The summed E-state index contributed by atoms with van der Waals surface area (Å²) in [6, 6.07) is 19.3. The summed E-state index contributed by atoms with van der Waals surface area (Å²) in [5.41, 5.74) is 3.94. The van der Waals surface area contributed by atoms with Gasteiger partial charge < -0.3 is 0 Å². The maximum absolute atomic E-state index is 2.26. The number of hydrogen-bond donors (Lipinski definition) is 0. The second-order valence-electron chi connectivity index (χ2n) is 3.54. The SMILES string of the molecule is c1ccc(-c2cc3cccsc-3c2)cc1. The molecule has 0 nitrogen and oxygen atoms in total. The van der Waals surface area contributed by atoms with E-state index in [1.165, 1.54) is 21.6 Å². The number of fused-ring (bicyclic) bond motifs is 1. The predicted molar refractivity (Wildman–Crippen MR) is 66.4 cm³/mol. The molecule has 1 heteroatoms. The Hall–Kier alpha value is -1.60. The first-order chi connectivity index (χ1) is 7.43. The average molecular weight is 210 g/mol. The predicted octanol–water partition coefficient (Wildman–Crippen LogP) is 4.52. The van der Waals surface area contributed by atoms with Crippen molar-refractivity contribution in [2.75, 3.05) is 0 Å². The summed E-state index contributed by atoms with van der Waals surface area (Å²) in [5, 5.41) is 2.12. The van der Waals surface area contributed by atoms with Gasteiger partial charge in [0.2, 0.25) is 0 Å². The van der Waals surface area contributed by atoms with Gasteiger partial charge in [-0.1, -0.05) is 42.5 Å². The lowest BCUT2D eigenvalue weighted by Crippen LogP contribution is -1.69. The van der Waals surface area contributed by atoms with E-state index in [4.69, 9.17) is 0 Å². The molecular formula is C14H10S. The van der Waals surface area contributed by atoms with Crippen molar-refractivity contribution >= 4 is 11.3 Å². The second kappa shape index (κ2) is 3.52. The smallest absolute Gasteiger partial charge is 0.0348 e. The summed E-state index contributed by atoms with van der Waals surface area (Å²) < 4.78 is 0. The molecule has 0 atom stereocenters. The lowest BCUT2D eigenvalue weighted by molar-refractivity contribution is 1.68. The highest BCUT2D eigenvalue weighted by molar-refractivity contribution is 7.13. The zero-order chi connectivity index (χ0) is 10.1. The van der Waals surface area contributed by atoms with E-state index in [1.54, 1.807) is 11.3 Å². The van der Waals surface area contributed by atoms with Gasteiger partial charge in [-0.15, -0.1) is 11.3 Å². The van der Waals surface area contributed by atoms with Crippen molar-refractivity contribution in [3.8, 4) is 21.6 Å². The van der Waals surface area contributed by atoms with Crippen LogP contribution >= 0.6 is 11.3 Å². The molecule has 0 amide bonds. The number of rotatable bonds is 1. The topological polar surface area (TPSA) is 0 Å². The van der Waals surface area contributed by atoms with E-state index < -0.39 is 0 Å². The molecule has 72 valence electrons. The lowest BCUT2D eigenvalue weighted by Gasteiger charge is -1.94. The average Bonchev–Trinajstić information content (AvgIpc) is 2.74. The Bertz CT molecular complexity index is 506. The van der Waals surface area contributed by atoms with Gasteiger partial charge in [-0.05, 0) is 34.2 Å². The van der Waals surface area contributed by atoms with Gasteiger partial charge in [0.1, 0.15) is 0 Å². The maximum Gasteiger partial charge on any atom is 0.0348 e. The van der Waals surface area contributed by atoms with Gasteiger partial charge in [0.15, 0.2) is 0 Å². The van der Waals surface area contributed by atoms with E-state index >= 15 is 0 Å². The van der Waals surface area contributed by atoms with Crippen LogP contribution in [0, 0.1) is 0 Å². The first kappa shape index (κ1) is 8.69. The van der Waals surface area contributed by atoms with Gasteiger partial charge in [-0.25, -0.2) is 0 Å². The molecule has 0 N–H and O–H groups in total. The minimum atomic E-state index is 1.29. The van der Waals surface area contributed by atoms with E-state index in [2.05, 4.69) is 60.0 Å². The molecule has 15 heavy (non-hydrogen) atoms. The van der Waals surface area contributed by atoms with E-state index in [9.17, 15) is 0 Å². The molecule has 0 bridgehead atoms. The van der Waals surface area contributed by atoms with E-state index in [-0.39, 0.29) is 0 Å². The molecule has 0 radical (unpaired) electrons. The summed E-state index contributed by atoms with van der Waals surface area (Å²) in [6.07, 6.45) is 0. The van der Waals surface area contributed by atoms with Gasteiger partial charge in [0, 0.05) is 4.88 Å². The molecule has 0 saturated carbocycles. The zero-order valence-electron chi connectivity index (χ0n) is 8.18. The monoisotopic (exact) mass is 210 g/mol. The Morgan fingerprint density at radius 1 is 0.667 bits per heavy atom. The summed E-state index contributed by atoms with van der Waals surface area (Å²) in [7, 11) is 0. The van der Waals surface area contributed by atoms with Crippen LogP contribution in [0.2, 0.25) is 0 Å². The van der Waals surface area contributed by atoms with Crippen LogP contribution in [0.4, 0.5) is 0 Å². The first-order valence-corrected chi connectivity index (χ1v) is 5.84.